The number of nitrogens with one attached hydrogen (secondary N) is 1. The number of benzene rings is 1. The molecule has 0 radical (unpaired) electrons. The molecule has 1 aromatic heterocycles. The van der Waals surface area contributed by atoms with Crippen molar-refractivity contribution >= 4 is 17.7 Å². The lowest BCUT2D eigenvalue weighted by atomic mass is 10.2. The molecule has 0 bridgehead atoms. The van der Waals surface area contributed by atoms with Crippen LogP contribution in [-0.2, 0) is 11.3 Å². The molecule has 3 rings (SSSR count). The highest BCUT2D eigenvalue weighted by atomic mass is 16.7. The Morgan fingerprint density at radius 2 is 2.21 bits per heavy atom. The highest BCUT2D eigenvalue weighted by Crippen LogP contribution is 2.32. The van der Waals surface area contributed by atoms with E-state index in [1.165, 1.54) is 6.08 Å². The van der Waals surface area contributed by atoms with Crippen LogP contribution in [0.2, 0.25) is 0 Å². The van der Waals surface area contributed by atoms with E-state index in [0.29, 0.717) is 11.4 Å². The molecule has 0 spiro atoms. The van der Waals surface area contributed by atoms with Gasteiger partial charge in [-0.2, -0.15) is 5.10 Å². The van der Waals surface area contributed by atoms with Gasteiger partial charge < -0.3 is 19.7 Å². The summed E-state index contributed by atoms with van der Waals surface area (Å²) in [7, 11) is 4.01. The number of aromatic nitrogens is 2. The number of nitrogens with zero attached hydrogens (tertiary/aromatic N) is 3. The van der Waals surface area contributed by atoms with Gasteiger partial charge in [0, 0.05) is 18.8 Å². The fourth-order valence-electron chi connectivity index (χ4n) is 2.23. The van der Waals surface area contributed by atoms with Crippen molar-refractivity contribution in [3.8, 4) is 11.5 Å². The number of rotatable bonds is 6. The van der Waals surface area contributed by atoms with Crippen LogP contribution in [0.15, 0.2) is 36.7 Å². The average molecular weight is 328 g/mol. The van der Waals surface area contributed by atoms with Crippen LogP contribution in [0.1, 0.15) is 5.56 Å². The van der Waals surface area contributed by atoms with Crippen molar-refractivity contribution in [2.24, 2.45) is 0 Å². The summed E-state index contributed by atoms with van der Waals surface area (Å²) >= 11 is 0. The largest absolute Gasteiger partial charge is 0.454 e. The lowest BCUT2D eigenvalue weighted by molar-refractivity contribution is -0.111. The fourth-order valence-corrected chi connectivity index (χ4v) is 2.23. The van der Waals surface area contributed by atoms with Crippen LogP contribution in [-0.4, -0.2) is 48.0 Å². The first kappa shape index (κ1) is 16.1. The lowest BCUT2D eigenvalue weighted by Crippen LogP contribution is -2.18. The summed E-state index contributed by atoms with van der Waals surface area (Å²) in [6.07, 6.45) is 6.67. The van der Waals surface area contributed by atoms with Crippen LogP contribution in [0.4, 0.5) is 5.69 Å². The fraction of sp³-hybridized carbons (Fsp3) is 0.294. The van der Waals surface area contributed by atoms with Crippen molar-refractivity contribution in [2.75, 3.05) is 32.7 Å². The van der Waals surface area contributed by atoms with Gasteiger partial charge >= 0.3 is 0 Å². The highest BCUT2D eigenvalue weighted by Gasteiger charge is 2.12. The molecular formula is C17H20N4O3. The van der Waals surface area contributed by atoms with Crippen LogP contribution in [0.5, 0.6) is 11.5 Å². The third-order valence-corrected chi connectivity index (χ3v) is 3.50. The zero-order valence-corrected chi connectivity index (χ0v) is 13.7. The standard InChI is InChI=1S/C17H20N4O3/c1-20(2)7-8-21-11-14(10-18-21)19-17(22)6-4-13-3-5-15-16(9-13)24-12-23-15/h3-6,9-11H,7-8,12H2,1-2H3,(H,19,22)/b6-4+. The summed E-state index contributed by atoms with van der Waals surface area (Å²) in [5, 5.41) is 7.01. The molecule has 1 amide bonds. The molecule has 1 aliphatic rings. The molecule has 0 saturated heterocycles. The van der Waals surface area contributed by atoms with E-state index in [9.17, 15) is 4.79 Å². The Hall–Kier alpha value is -2.80. The first-order valence-electron chi connectivity index (χ1n) is 7.66. The Labute approximate surface area is 140 Å². The predicted molar refractivity (Wildman–Crippen MR) is 91.0 cm³/mol. The molecule has 0 aliphatic carbocycles. The van der Waals surface area contributed by atoms with E-state index in [4.69, 9.17) is 9.47 Å². The third-order valence-electron chi connectivity index (χ3n) is 3.50. The van der Waals surface area contributed by atoms with Crippen molar-refractivity contribution in [2.45, 2.75) is 6.54 Å². The minimum atomic E-state index is -0.208. The molecule has 2 heterocycles. The number of likely N-dealkylation sites (N-methyl/N-ethyl adjacent to an activating group) is 1. The van der Waals surface area contributed by atoms with E-state index in [1.54, 1.807) is 17.0 Å². The van der Waals surface area contributed by atoms with Crippen LogP contribution >= 0.6 is 0 Å². The van der Waals surface area contributed by atoms with E-state index in [0.717, 1.165) is 24.4 Å². The normalized spacial score (nSPS) is 13.0. The molecular weight excluding hydrogens is 308 g/mol. The minimum Gasteiger partial charge on any atom is -0.454 e. The highest BCUT2D eigenvalue weighted by molar-refractivity contribution is 6.01. The summed E-state index contributed by atoms with van der Waals surface area (Å²) < 4.78 is 12.4. The molecule has 1 aliphatic heterocycles. The van der Waals surface area contributed by atoms with Crippen molar-refractivity contribution in [1.82, 2.24) is 14.7 Å². The van der Waals surface area contributed by atoms with Gasteiger partial charge in [-0.25, -0.2) is 0 Å². The number of carbonyl (C=O) groups excluding carboxylic acids is 1. The smallest absolute Gasteiger partial charge is 0.248 e. The van der Waals surface area contributed by atoms with Crippen molar-refractivity contribution < 1.29 is 14.3 Å². The molecule has 0 fully saturated rings. The Morgan fingerprint density at radius 1 is 1.38 bits per heavy atom. The Kier molecular flexibility index (Phi) is 4.81. The van der Waals surface area contributed by atoms with E-state index in [1.807, 2.05) is 38.5 Å². The number of amides is 1. The second-order valence-corrected chi connectivity index (χ2v) is 5.73. The maximum Gasteiger partial charge on any atom is 0.248 e. The quantitative estimate of drug-likeness (QED) is 0.819. The van der Waals surface area contributed by atoms with Crippen LogP contribution in [0.3, 0.4) is 0 Å². The second kappa shape index (κ2) is 7.18. The number of hydrogen-bond donors (Lipinski definition) is 1. The molecule has 0 unspecified atom stereocenters. The topological polar surface area (TPSA) is 68.6 Å². The summed E-state index contributed by atoms with van der Waals surface area (Å²) in [4.78, 5) is 14.1. The maximum absolute atomic E-state index is 12.0. The van der Waals surface area contributed by atoms with E-state index >= 15 is 0 Å². The van der Waals surface area contributed by atoms with Gasteiger partial charge in [0.05, 0.1) is 18.4 Å². The zero-order valence-electron chi connectivity index (χ0n) is 13.7. The Bertz CT molecular complexity index is 752. The molecule has 7 heteroatoms. The van der Waals surface area contributed by atoms with Gasteiger partial charge in [0.25, 0.3) is 0 Å². The number of fused-ring (bicyclic) bond motifs is 1. The van der Waals surface area contributed by atoms with Crippen LogP contribution in [0.25, 0.3) is 6.08 Å². The third kappa shape index (κ3) is 4.14. The summed E-state index contributed by atoms with van der Waals surface area (Å²) in [6, 6.07) is 5.54. The average Bonchev–Trinajstić information content (AvgIpc) is 3.19. The maximum atomic E-state index is 12.0. The molecule has 126 valence electrons. The SMILES string of the molecule is CN(C)CCn1cc(NC(=O)/C=C/c2ccc3c(c2)OCO3)cn1. The molecule has 24 heavy (non-hydrogen) atoms. The van der Waals surface area contributed by atoms with Crippen molar-refractivity contribution in [3.05, 3.63) is 42.2 Å². The number of anilines is 1. The van der Waals surface area contributed by atoms with Crippen molar-refractivity contribution in [3.63, 3.8) is 0 Å². The van der Waals surface area contributed by atoms with Gasteiger partial charge in [0.2, 0.25) is 12.7 Å². The second-order valence-electron chi connectivity index (χ2n) is 5.73. The van der Waals surface area contributed by atoms with Gasteiger partial charge in [0.1, 0.15) is 0 Å². The minimum absolute atomic E-state index is 0.208. The van der Waals surface area contributed by atoms with Gasteiger partial charge in [-0.15, -0.1) is 0 Å². The molecule has 2 aromatic rings. The van der Waals surface area contributed by atoms with Gasteiger partial charge in [-0.05, 0) is 37.9 Å². The molecule has 0 atom stereocenters. The molecule has 1 N–H and O–H groups in total. The molecule has 0 saturated carbocycles. The number of carbonyl (C=O) groups is 1. The van der Waals surface area contributed by atoms with E-state index < -0.39 is 0 Å². The first-order chi connectivity index (χ1) is 11.6. The van der Waals surface area contributed by atoms with Crippen LogP contribution < -0.4 is 14.8 Å². The Balaban J connectivity index is 1.55. The van der Waals surface area contributed by atoms with Gasteiger partial charge in [0.15, 0.2) is 11.5 Å². The van der Waals surface area contributed by atoms with Gasteiger partial charge in [-0.3, -0.25) is 9.48 Å². The predicted octanol–water partition coefficient (Wildman–Crippen LogP) is 1.83. The monoisotopic (exact) mass is 328 g/mol. The zero-order chi connectivity index (χ0) is 16.9. The summed E-state index contributed by atoms with van der Waals surface area (Å²) in [6.45, 7) is 1.90. The summed E-state index contributed by atoms with van der Waals surface area (Å²) in [5.74, 6) is 1.21. The summed E-state index contributed by atoms with van der Waals surface area (Å²) in [5.41, 5.74) is 1.55. The van der Waals surface area contributed by atoms with Crippen molar-refractivity contribution in [1.29, 1.82) is 0 Å². The van der Waals surface area contributed by atoms with E-state index in [-0.39, 0.29) is 12.7 Å². The first-order valence-corrected chi connectivity index (χ1v) is 7.66. The molecule has 7 nitrogen and oxygen atoms in total. The number of ether oxygens (including phenoxy) is 2. The van der Waals surface area contributed by atoms with E-state index in [2.05, 4.69) is 15.3 Å². The Morgan fingerprint density at radius 3 is 3.04 bits per heavy atom. The van der Waals surface area contributed by atoms with Gasteiger partial charge in [-0.1, -0.05) is 6.07 Å². The van der Waals surface area contributed by atoms with Crippen LogP contribution in [0, 0.1) is 0 Å². The number of hydrogen-bond acceptors (Lipinski definition) is 5. The molecule has 1 aromatic carbocycles. The lowest BCUT2D eigenvalue weighted by Gasteiger charge is -2.08.